The van der Waals surface area contributed by atoms with Gasteiger partial charge in [0.05, 0.1) is 0 Å². The Kier molecular flexibility index (Phi) is 4.07. The number of hydrogen-bond donors (Lipinski definition) is 1. The number of primary amides is 1. The molecule has 4 nitrogen and oxygen atoms in total. The van der Waals surface area contributed by atoms with E-state index in [4.69, 9.17) is 10.5 Å². The number of nitrogens with two attached hydrogens (primary N) is 1. The lowest BCUT2D eigenvalue weighted by Gasteiger charge is -2.13. The largest absolute Gasteiger partial charge is 0.442 e. The monoisotopic (exact) mass is 319 g/mol. The molecule has 2 N–H and O–H groups in total. The average Bonchev–Trinajstić information content (AvgIpc) is 2.16. The van der Waals surface area contributed by atoms with Gasteiger partial charge in [-0.05, 0) is 41.6 Å². The first-order chi connectivity index (χ1) is 7.04. The molecule has 1 aromatic rings. The molecule has 1 unspecified atom stereocenters. The van der Waals surface area contributed by atoms with Crippen molar-refractivity contribution in [3.05, 3.63) is 32.9 Å². The summed E-state index contributed by atoms with van der Waals surface area (Å²) in [7, 11) is 0. The minimum Gasteiger partial charge on any atom is -0.442 e. The Balaban J connectivity index is 3.02. The SMILES string of the molecule is CC(OC(N)=O)c1ccc(I)cc1C=O. The van der Waals surface area contributed by atoms with Crippen LogP contribution >= 0.6 is 22.6 Å². The molecule has 0 bridgehead atoms. The smallest absolute Gasteiger partial charge is 0.405 e. The highest BCUT2D eigenvalue weighted by atomic mass is 127. The number of carbonyl (C=O) groups excluding carboxylic acids is 2. The fraction of sp³-hybridized carbons (Fsp3) is 0.200. The van der Waals surface area contributed by atoms with Gasteiger partial charge in [0.25, 0.3) is 0 Å². The first-order valence-electron chi connectivity index (χ1n) is 4.25. The topological polar surface area (TPSA) is 69.4 Å². The molecular weight excluding hydrogens is 309 g/mol. The molecule has 15 heavy (non-hydrogen) atoms. The maximum atomic E-state index is 10.8. The predicted octanol–water partition coefficient (Wildman–Crippen LogP) is 2.26. The van der Waals surface area contributed by atoms with E-state index >= 15 is 0 Å². The zero-order valence-electron chi connectivity index (χ0n) is 8.07. The number of benzene rings is 1. The lowest BCUT2D eigenvalue weighted by Crippen LogP contribution is -2.16. The molecule has 0 aliphatic carbocycles. The van der Waals surface area contributed by atoms with Gasteiger partial charge in [0.15, 0.2) is 6.29 Å². The van der Waals surface area contributed by atoms with E-state index in [0.717, 1.165) is 9.86 Å². The Bertz CT molecular complexity index is 392. The van der Waals surface area contributed by atoms with Gasteiger partial charge in [-0.25, -0.2) is 4.79 Å². The minimum absolute atomic E-state index is 0.510. The summed E-state index contributed by atoms with van der Waals surface area (Å²) in [4.78, 5) is 21.4. The molecule has 0 aromatic heterocycles. The second-order valence-corrected chi connectivity index (χ2v) is 4.22. The molecule has 0 radical (unpaired) electrons. The first kappa shape index (κ1) is 12.0. The van der Waals surface area contributed by atoms with Crippen LogP contribution < -0.4 is 5.73 Å². The average molecular weight is 319 g/mol. The number of amides is 1. The molecule has 0 fully saturated rings. The van der Waals surface area contributed by atoms with Crippen LogP contribution in [0.5, 0.6) is 0 Å². The van der Waals surface area contributed by atoms with E-state index < -0.39 is 12.2 Å². The predicted molar refractivity (Wildman–Crippen MR) is 63.6 cm³/mol. The van der Waals surface area contributed by atoms with Crippen molar-refractivity contribution >= 4 is 35.0 Å². The Hall–Kier alpha value is -1.11. The summed E-state index contributed by atoms with van der Waals surface area (Å²) in [6.07, 6.45) is -0.629. The third-order valence-corrected chi connectivity index (χ3v) is 2.58. The lowest BCUT2D eigenvalue weighted by atomic mass is 10.0. The van der Waals surface area contributed by atoms with E-state index in [1.165, 1.54) is 0 Å². The molecule has 80 valence electrons. The molecule has 0 aliphatic rings. The zero-order valence-corrected chi connectivity index (χ0v) is 10.2. The van der Waals surface area contributed by atoms with E-state index in [1.54, 1.807) is 19.1 Å². The van der Waals surface area contributed by atoms with Gasteiger partial charge < -0.3 is 10.5 Å². The van der Waals surface area contributed by atoms with Crippen LogP contribution in [0, 0.1) is 3.57 Å². The van der Waals surface area contributed by atoms with Crippen LogP contribution in [-0.2, 0) is 4.74 Å². The highest BCUT2D eigenvalue weighted by Gasteiger charge is 2.13. The summed E-state index contributed by atoms with van der Waals surface area (Å²) in [6.45, 7) is 1.67. The van der Waals surface area contributed by atoms with Crippen molar-refractivity contribution in [2.45, 2.75) is 13.0 Å². The van der Waals surface area contributed by atoms with Crippen molar-refractivity contribution in [2.24, 2.45) is 5.73 Å². The van der Waals surface area contributed by atoms with Gasteiger partial charge in [-0.2, -0.15) is 0 Å². The quantitative estimate of drug-likeness (QED) is 0.686. The van der Waals surface area contributed by atoms with E-state index in [9.17, 15) is 9.59 Å². The van der Waals surface area contributed by atoms with Gasteiger partial charge >= 0.3 is 6.09 Å². The van der Waals surface area contributed by atoms with Crippen LogP contribution in [0.25, 0.3) is 0 Å². The Morgan fingerprint density at radius 1 is 1.60 bits per heavy atom. The second-order valence-electron chi connectivity index (χ2n) is 2.97. The summed E-state index contributed by atoms with van der Waals surface area (Å²) in [6, 6.07) is 5.31. The third-order valence-electron chi connectivity index (χ3n) is 1.91. The Morgan fingerprint density at radius 2 is 2.27 bits per heavy atom. The highest BCUT2D eigenvalue weighted by molar-refractivity contribution is 14.1. The second kappa shape index (κ2) is 5.11. The van der Waals surface area contributed by atoms with Crippen molar-refractivity contribution in [1.82, 2.24) is 0 Å². The Morgan fingerprint density at radius 3 is 2.80 bits per heavy atom. The van der Waals surface area contributed by atoms with E-state index in [1.807, 2.05) is 6.07 Å². The standard InChI is InChI=1S/C10H10INO3/c1-6(15-10(12)14)9-3-2-8(11)4-7(9)5-13/h2-6H,1H3,(H2,12,14). The summed E-state index contributed by atoms with van der Waals surface area (Å²) in [5.41, 5.74) is 6.07. The fourth-order valence-electron chi connectivity index (χ4n) is 1.26. The minimum atomic E-state index is -0.849. The summed E-state index contributed by atoms with van der Waals surface area (Å²) in [5, 5.41) is 0. The highest BCUT2D eigenvalue weighted by Crippen LogP contribution is 2.21. The number of halogens is 1. The zero-order chi connectivity index (χ0) is 11.4. The van der Waals surface area contributed by atoms with Gasteiger partial charge in [0.1, 0.15) is 6.10 Å². The van der Waals surface area contributed by atoms with Gasteiger partial charge in [0.2, 0.25) is 0 Å². The van der Waals surface area contributed by atoms with Crippen molar-refractivity contribution in [3.63, 3.8) is 0 Å². The fourth-order valence-corrected chi connectivity index (χ4v) is 1.77. The van der Waals surface area contributed by atoms with Gasteiger partial charge in [-0.15, -0.1) is 0 Å². The number of rotatable bonds is 3. The van der Waals surface area contributed by atoms with E-state index in [-0.39, 0.29) is 0 Å². The van der Waals surface area contributed by atoms with Crippen molar-refractivity contribution < 1.29 is 14.3 Å². The molecule has 0 aliphatic heterocycles. The number of ether oxygens (including phenoxy) is 1. The van der Waals surface area contributed by atoms with Crippen molar-refractivity contribution in [2.75, 3.05) is 0 Å². The van der Waals surface area contributed by atoms with Crippen LogP contribution in [0.2, 0.25) is 0 Å². The van der Waals surface area contributed by atoms with Crippen LogP contribution in [0.3, 0.4) is 0 Å². The molecule has 0 spiro atoms. The van der Waals surface area contributed by atoms with Crippen molar-refractivity contribution in [1.29, 1.82) is 0 Å². The van der Waals surface area contributed by atoms with Gasteiger partial charge in [-0.3, -0.25) is 4.79 Å². The third kappa shape index (κ3) is 3.19. The maximum Gasteiger partial charge on any atom is 0.405 e. The molecule has 1 atom stereocenters. The molecule has 0 saturated heterocycles. The van der Waals surface area contributed by atoms with Crippen molar-refractivity contribution in [3.8, 4) is 0 Å². The molecule has 0 heterocycles. The normalized spacial score (nSPS) is 11.9. The molecule has 1 aromatic carbocycles. The molecule has 0 saturated carbocycles. The number of hydrogen-bond acceptors (Lipinski definition) is 3. The van der Waals surface area contributed by atoms with Crippen LogP contribution in [-0.4, -0.2) is 12.4 Å². The molecule has 1 amide bonds. The Labute approximate surface area is 101 Å². The molecule has 1 rings (SSSR count). The summed E-state index contributed by atoms with van der Waals surface area (Å²) >= 11 is 2.10. The molecular formula is C10H10INO3. The van der Waals surface area contributed by atoms with E-state index in [0.29, 0.717) is 11.1 Å². The maximum absolute atomic E-state index is 10.8. The van der Waals surface area contributed by atoms with Crippen LogP contribution in [0.15, 0.2) is 18.2 Å². The lowest BCUT2D eigenvalue weighted by molar-refractivity contribution is 0.108. The first-order valence-corrected chi connectivity index (χ1v) is 5.33. The van der Waals surface area contributed by atoms with Gasteiger partial charge in [0, 0.05) is 14.7 Å². The van der Waals surface area contributed by atoms with Crippen LogP contribution in [0.1, 0.15) is 28.9 Å². The number of aldehydes is 1. The summed E-state index contributed by atoms with van der Waals surface area (Å²) < 4.78 is 5.74. The number of carbonyl (C=O) groups is 2. The molecule has 5 heteroatoms. The van der Waals surface area contributed by atoms with Crippen LogP contribution in [0.4, 0.5) is 4.79 Å². The summed E-state index contributed by atoms with van der Waals surface area (Å²) in [5.74, 6) is 0. The van der Waals surface area contributed by atoms with Gasteiger partial charge in [-0.1, -0.05) is 6.07 Å². The van der Waals surface area contributed by atoms with E-state index in [2.05, 4.69) is 22.6 Å².